The summed E-state index contributed by atoms with van der Waals surface area (Å²) < 4.78 is 32.0. The zero-order chi connectivity index (χ0) is 20.7. The number of sulfonamides is 1. The van der Waals surface area contributed by atoms with E-state index in [0.717, 1.165) is 25.7 Å². The number of benzene rings is 1. The number of nitrogens with one attached hydrogen (secondary N) is 1. The zero-order valence-corrected chi connectivity index (χ0v) is 16.7. The summed E-state index contributed by atoms with van der Waals surface area (Å²) in [5.74, 6) is -1.14. The molecule has 0 bridgehead atoms. The van der Waals surface area contributed by atoms with Gasteiger partial charge >= 0.3 is 5.97 Å². The number of rotatable bonds is 6. The highest BCUT2D eigenvalue weighted by atomic mass is 32.2. The van der Waals surface area contributed by atoms with Crippen LogP contribution in [0.5, 0.6) is 0 Å². The Morgan fingerprint density at radius 1 is 0.966 bits per heavy atom. The van der Waals surface area contributed by atoms with Crippen LogP contribution < -0.4 is 5.32 Å². The van der Waals surface area contributed by atoms with Crippen molar-refractivity contribution < 1.29 is 22.7 Å². The van der Waals surface area contributed by atoms with Crippen LogP contribution >= 0.6 is 0 Å². The standard InChI is InChI=1S/C20H23N3O5S/c24-19(15-28-20(25)16-9-11-21-12-10-16)22-17-5-7-18(8-6-17)29(26,27)23-13-3-1-2-4-14-23/h5-12H,1-4,13-15H2,(H,22,24). The second-order valence-electron chi connectivity index (χ2n) is 6.70. The van der Waals surface area contributed by atoms with Crippen molar-refractivity contribution in [1.29, 1.82) is 0 Å². The Labute approximate surface area is 169 Å². The lowest BCUT2D eigenvalue weighted by Gasteiger charge is -2.20. The Bertz CT molecular complexity index is 938. The van der Waals surface area contributed by atoms with E-state index in [1.165, 1.54) is 53.1 Å². The molecule has 1 saturated heterocycles. The average molecular weight is 417 g/mol. The molecule has 1 aliphatic heterocycles. The van der Waals surface area contributed by atoms with Crippen molar-refractivity contribution in [3.8, 4) is 0 Å². The normalized spacial score (nSPS) is 15.3. The predicted molar refractivity (Wildman–Crippen MR) is 107 cm³/mol. The van der Waals surface area contributed by atoms with Crippen LogP contribution in [-0.4, -0.2) is 49.3 Å². The molecular formula is C20H23N3O5S. The van der Waals surface area contributed by atoms with Crippen LogP contribution in [-0.2, 0) is 19.6 Å². The fourth-order valence-corrected chi connectivity index (χ4v) is 4.56. The van der Waals surface area contributed by atoms with Gasteiger partial charge in [0, 0.05) is 31.2 Å². The van der Waals surface area contributed by atoms with Gasteiger partial charge in [-0.1, -0.05) is 12.8 Å². The summed E-state index contributed by atoms with van der Waals surface area (Å²) in [4.78, 5) is 27.8. The molecule has 1 aromatic carbocycles. The molecule has 0 saturated carbocycles. The average Bonchev–Trinajstić information content (AvgIpc) is 3.03. The summed E-state index contributed by atoms with van der Waals surface area (Å²) in [6.07, 6.45) is 6.73. The van der Waals surface area contributed by atoms with Gasteiger partial charge in [-0.15, -0.1) is 0 Å². The van der Waals surface area contributed by atoms with E-state index < -0.39 is 28.5 Å². The first-order valence-electron chi connectivity index (χ1n) is 9.44. The largest absolute Gasteiger partial charge is 0.452 e. The van der Waals surface area contributed by atoms with Crippen molar-refractivity contribution in [3.63, 3.8) is 0 Å². The van der Waals surface area contributed by atoms with Crippen molar-refractivity contribution in [2.75, 3.05) is 25.0 Å². The molecule has 29 heavy (non-hydrogen) atoms. The molecule has 1 amide bonds. The molecule has 0 radical (unpaired) electrons. The molecule has 2 aromatic rings. The van der Waals surface area contributed by atoms with E-state index in [1.54, 1.807) is 0 Å². The van der Waals surface area contributed by atoms with E-state index in [2.05, 4.69) is 10.3 Å². The van der Waals surface area contributed by atoms with E-state index in [4.69, 9.17) is 4.74 Å². The van der Waals surface area contributed by atoms with Crippen molar-refractivity contribution in [2.45, 2.75) is 30.6 Å². The van der Waals surface area contributed by atoms with Crippen LogP contribution in [0.25, 0.3) is 0 Å². The number of aromatic nitrogens is 1. The quantitative estimate of drug-likeness (QED) is 0.724. The summed E-state index contributed by atoms with van der Waals surface area (Å²) in [7, 11) is -3.54. The molecule has 9 heteroatoms. The number of nitrogens with zero attached hydrogens (tertiary/aromatic N) is 2. The van der Waals surface area contributed by atoms with E-state index in [9.17, 15) is 18.0 Å². The molecule has 1 aromatic heterocycles. The van der Waals surface area contributed by atoms with Crippen molar-refractivity contribution in [3.05, 3.63) is 54.4 Å². The molecule has 1 N–H and O–H groups in total. The fourth-order valence-electron chi connectivity index (χ4n) is 3.04. The monoisotopic (exact) mass is 417 g/mol. The van der Waals surface area contributed by atoms with Crippen LogP contribution in [0.2, 0.25) is 0 Å². The molecule has 3 rings (SSSR count). The Morgan fingerprint density at radius 3 is 2.21 bits per heavy atom. The van der Waals surface area contributed by atoms with E-state index >= 15 is 0 Å². The number of hydrogen-bond donors (Lipinski definition) is 1. The van der Waals surface area contributed by atoms with Gasteiger partial charge < -0.3 is 10.1 Å². The summed E-state index contributed by atoms with van der Waals surface area (Å²) in [5, 5.41) is 2.58. The van der Waals surface area contributed by atoms with Crippen LogP contribution in [0.15, 0.2) is 53.7 Å². The smallest absolute Gasteiger partial charge is 0.338 e. The first-order valence-corrected chi connectivity index (χ1v) is 10.9. The van der Waals surface area contributed by atoms with Gasteiger partial charge in [-0.3, -0.25) is 9.78 Å². The highest BCUT2D eigenvalue weighted by Crippen LogP contribution is 2.21. The third kappa shape index (κ3) is 5.61. The minimum absolute atomic E-state index is 0.196. The molecule has 154 valence electrons. The first-order chi connectivity index (χ1) is 14.0. The van der Waals surface area contributed by atoms with Gasteiger partial charge in [-0.2, -0.15) is 4.31 Å². The maximum Gasteiger partial charge on any atom is 0.338 e. The molecule has 2 heterocycles. The molecule has 0 unspecified atom stereocenters. The molecule has 8 nitrogen and oxygen atoms in total. The lowest BCUT2D eigenvalue weighted by Crippen LogP contribution is -2.31. The van der Waals surface area contributed by atoms with Gasteiger partial charge in [-0.05, 0) is 49.2 Å². The number of ether oxygens (including phenoxy) is 1. The Balaban J connectivity index is 1.55. The van der Waals surface area contributed by atoms with Gasteiger partial charge in [0.25, 0.3) is 5.91 Å². The lowest BCUT2D eigenvalue weighted by atomic mass is 10.2. The maximum absolute atomic E-state index is 12.8. The molecular weight excluding hydrogens is 394 g/mol. The van der Waals surface area contributed by atoms with Gasteiger partial charge in [0.15, 0.2) is 6.61 Å². The number of anilines is 1. The Hall–Kier alpha value is -2.78. The topological polar surface area (TPSA) is 106 Å². The second-order valence-corrected chi connectivity index (χ2v) is 8.64. The third-order valence-corrected chi connectivity index (χ3v) is 6.50. The highest BCUT2D eigenvalue weighted by molar-refractivity contribution is 7.89. The Morgan fingerprint density at radius 2 is 1.59 bits per heavy atom. The number of carbonyl (C=O) groups excluding carboxylic acids is 2. The van der Waals surface area contributed by atoms with E-state index in [1.807, 2.05) is 0 Å². The summed E-state index contributed by atoms with van der Waals surface area (Å²) in [6, 6.07) is 8.96. The molecule has 1 fully saturated rings. The summed E-state index contributed by atoms with van der Waals surface area (Å²) >= 11 is 0. The first kappa shape index (κ1) is 20.9. The molecule has 1 aliphatic rings. The van der Waals surface area contributed by atoms with E-state index in [-0.39, 0.29) is 4.90 Å². The second kappa shape index (κ2) is 9.62. The minimum atomic E-state index is -3.54. The minimum Gasteiger partial charge on any atom is -0.452 e. The number of carbonyl (C=O) groups is 2. The van der Waals surface area contributed by atoms with Crippen LogP contribution in [0.3, 0.4) is 0 Å². The van der Waals surface area contributed by atoms with Crippen LogP contribution in [0, 0.1) is 0 Å². The summed E-state index contributed by atoms with van der Waals surface area (Å²) in [5.41, 5.74) is 0.723. The fraction of sp³-hybridized carbons (Fsp3) is 0.350. The highest BCUT2D eigenvalue weighted by Gasteiger charge is 2.25. The van der Waals surface area contributed by atoms with Gasteiger partial charge in [-0.25, -0.2) is 13.2 Å². The number of esters is 1. The third-order valence-electron chi connectivity index (χ3n) is 4.59. The zero-order valence-electron chi connectivity index (χ0n) is 15.9. The van der Waals surface area contributed by atoms with Crippen LogP contribution in [0.4, 0.5) is 5.69 Å². The van der Waals surface area contributed by atoms with Gasteiger partial charge in [0.05, 0.1) is 10.5 Å². The number of amides is 1. The maximum atomic E-state index is 12.8. The van der Waals surface area contributed by atoms with Gasteiger partial charge in [0.1, 0.15) is 0 Å². The number of pyridine rings is 1. The summed E-state index contributed by atoms with van der Waals surface area (Å²) in [6.45, 7) is 0.613. The molecule has 0 spiro atoms. The molecule has 0 aliphatic carbocycles. The molecule has 0 atom stereocenters. The van der Waals surface area contributed by atoms with Crippen molar-refractivity contribution >= 4 is 27.6 Å². The number of hydrogen-bond acceptors (Lipinski definition) is 6. The predicted octanol–water partition coefficient (Wildman–Crippen LogP) is 2.44. The van der Waals surface area contributed by atoms with Crippen molar-refractivity contribution in [2.24, 2.45) is 0 Å². The lowest BCUT2D eigenvalue weighted by molar-refractivity contribution is -0.119. The van der Waals surface area contributed by atoms with Crippen LogP contribution in [0.1, 0.15) is 36.0 Å². The van der Waals surface area contributed by atoms with Gasteiger partial charge in [0.2, 0.25) is 10.0 Å². The van der Waals surface area contributed by atoms with Crippen molar-refractivity contribution in [1.82, 2.24) is 9.29 Å². The van der Waals surface area contributed by atoms with E-state index in [0.29, 0.717) is 24.3 Å². The Kier molecular flexibility index (Phi) is 6.95. The SMILES string of the molecule is O=C(COC(=O)c1ccncc1)Nc1ccc(S(=O)(=O)N2CCCCCC2)cc1.